The normalized spacial score (nSPS) is 19.5. The summed E-state index contributed by atoms with van der Waals surface area (Å²) in [5.41, 5.74) is 5.74. The molecule has 2 N–H and O–H groups in total. The van der Waals surface area contributed by atoms with Crippen molar-refractivity contribution in [1.29, 1.82) is 0 Å². The van der Waals surface area contributed by atoms with Crippen LogP contribution in [0, 0.1) is 0 Å². The third-order valence-corrected chi connectivity index (χ3v) is 5.77. The number of rotatable bonds is 5. The van der Waals surface area contributed by atoms with Gasteiger partial charge in [-0.15, -0.1) is 0 Å². The Morgan fingerprint density at radius 3 is 2.48 bits per heavy atom. The zero-order valence-electron chi connectivity index (χ0n) is 12.3. The first-order valence-electron chi connectivity index (χ1n) is 6.87. The first-order chi connectivity index (χ1) is 9.86. The molecule has 0 saturated carbocycles. The lowest BCUT2D eigenvalue weighted by molar-refractivity contribution is 0.165. The lowest BCUT2D eigenvalue weighted by Crippen LogP contribution is -2.54. The summed E-state index contributed by atoms with van der Waals surface area (Å²) in [6, 6.07) is 0.0414. The third kappa shape index (κ3) is 3.42. The van der Waals surface area contributed by atoms with E-state index in [1.807, 2.05) is 6.92 Å². The van der Waals surface area contributed by atoms with Crippen molar-refractivity contribution in [1.82, 2.24) is 18.8 Å². The quantitative estimate of drug-likeness (QED) is 0.752. The maximum Gasteiger partial charge on any atom is 0.262 e. The fourth-order valence-electron chi connectivity index (χ4n) is 2.55. The Labute approximate surface area is 130 Å². The van der Waals surface area contributed by atoms with E-state index in [0.29, 0.717) is 31.2 Å². The molecule has 1 fully saturated rings. The second kappa shape index (κ2) is 6.39. The minimum absolute atomic E-state index is 0.0414. The summed E-state index contributed by atoms with van der Waals surface area (Å²) in [6.07, 6.45) is 3.84. The van der Waals surface area contributed by atoms with Crippen LogP contribution >= 0.6 is 12.2 Å². The van der Waals surface area contributed by atoms with Crippen molar-refractivity contribution in [3.63, 3.8) is 0 Å². The summed E-state index contributed by atoms with van der Waals surface area (Å²) in [4.78, 5) is 6.56. The highest BCUT2D eigenvalue weighted by Crippen LogP contribution is 2.17. The number of nitrogens with two attached hydrogens (primary N) is 1. The molecule has 1 aromatic heterocycles. The molecule has 1 aliphatic rings. The molecule has 118 valence electrons. The van der Waals surface area contributed by atoms with Crippen LogP contribution in [-0.4, -0.2) is 64.4 Å². The van der Waals surface area contributed by atoms with Gasteiger partial charge < -0.3 is 10.3 Å². The Kier molecular flexibility index (Phi) is 4.97. The van der Waals surface area contributed by atoms with E-state index in [2.05, 4.69) is 9.88 Å². The van der Waals surface area contributed by atoms with Crippen LogP contribution in [0.5, 0.6) is 0 Å². The van der Waals surface area contributed by atoms with Crippen LogP contribution in [-0.2, 0) is 17.1 Å². The van der Waals surface area contributed by atoms with Gasteiger partial charge in [0.2, 0.25) is 0 Å². The number of thiocarbonyl (C=S) groups is 1. The van der Waals surface area contributed by atoms with Gasteiger partial charge in [-0.25, -0.2) is 13.4 Å². The lowest BCUT2D eigenvalue weighted by Gasteiger charge is -2.37. The highest BCUT2D eigenvalue weighted by atomic mass is 32.2. The monoisotopic (exact) mass is 331 g/mol. The molecule has 2 heterocycles. The Morgan fingerprint density at radius 2 is 2.05 bits per heavy atom. The van der Waals surface area contributed by atoms with Gasteiger partial charge >= 0.3 is 0 Å². The molecule has 21 heavy (non-hydrogen) atoms. The lowest BCUT2D eigenvalue weighted by atomic mass is 10.1. The van der Waals surface area contributed by atoms with Crippen molar-refractivity contribution < 1.29 is 8.42 Å². The van der Waals surface area contributed by atoms with E-state index in [1.165, 1.54) is 16.8 Å². The number of imidazole rings is 1. The Morgan fingerprint density at radius 1 is 1.43 bits per heavy atom. The average molecular weight is 331 g/mol. The number of sulfonamides is 1. The van der Waals surface area contributed by atoms with Crippen LogP contribution in [0.15, 0.2) is 17.6 Å². The molecule has 1 aromatic rings. The van der Waals surface area contributed by atoms with Crippen molar-refractivity contribution in [2.45, 2.75) is 24.4 Å². The summed E-state index contributed by atoms with van der Waals surface area (Å²) in [7, 11) is -1.76. The molecule has 0 bridgehead atoms. The van der Waals surface area contributed by atoms with Gasteiger partial charge in [0.15, 0.2) is 5.03 Å². The maximum absolute atomic E-state index is 12.5. The van der Waals surface area contributed by atoms with E-state index >= 15 is 0 Å². The van der Waals surface area contributed by atoms with Gasteiger partial charge in [-0.2, -0.15) is 4.31 Å². The Bertz CT molecular complexity index is 605. The third-order valence-electron chi connectivity index (χ3n) is 3.71. The van der Waals surface area contributed by atoms with Gasteiger partial charge in [-0.1, -0.05) is 19.1 Å². The molecule has 0 amide bonds. The van der Waals surface area contributed by atoms with Crippen LogP contribution in [0.3, 0.4) is 0 Å². The summed E-state index contributed by atoms with van der Waals surface area (Å²) in [6.45, 7) is 4.14. The van der Waals surface area contributed by atoms with Crippen molar-refractivity contribution in [3.05, 3.63) is 12.5 Å². The van der Waals surface area contributed by atoms with E-state index in [0.717, 1.165) is 6.42 Å². The predicted molar refractivity (Wildman–Crippen MR) is 84.4 cm³/mol. The van der Waals surface area contributed by atoms with Gasteiger partial charge in [0.1, 0.15) is 0 Å². The highest BCUT2D eigenvalue weighted by molar-refractivity contribution is 7.89. The first-order valence-corrected chi connectivity index (χ1v) is 8.72. The maximum atomic E-state index is 12.5. The molecule has 0 aliphatic carbocycles. The van der Waals surface area contributed by atoms with Crippen LogP contribution in [0.25, 0.3) is 0 Å². The number of piperazine rings is 1. The Hall–Kier alpha value is -1.03. The van der Waals surface area contributed by atoms with Crippen LogP contribution in [0.1, 0.15) is 13.3 Å². The van der Waals surface area contributed by atoms with Crippen LogP contribution in [0.4, 0.5) is 0 Å². The molecule has 0 aromatic carbocycles. The highest BCUT2D eigenvalue weighted by Gasteiger charge is 2.32. The smallest absolute Gasteiger partial charge is 0.262 e. The van der Waals surface area contributed by atoms with Gasteiger partial charge in [-0.05, 0) is 6.42 Å². The minimum atomic E-state index is -3.51. The number of hydrogen-bond acceptors (Lipinski definition) is 5. The average Bonchev–Trinajstić information content (AvgIpc) is 2.87. The summed E-state index contributed by atoms with van der Waals surface area (Å²) in [5, 5.41) is 0.0971. The molecule has 7 nitrogen and oxygen atoms in total. The van der Waals surface area contributed by atoms with E-state index in [-0.39, 0.29) is 11.1 Å². The van der Waals surface area contributed by atoms with Crippen molar-refractivity contribution >= 4 is 27.2 Å². The summed E-state index contributed by atoms with van der Waals surface area (Å²) in [5.74, 6) is 0. The van der Waals surface area contributed by atoms with Gasteiger partial charge in [0, 0.05) is 39.4 Å². The Balaban J connectivity index is 2.05. The molecule has 9 heteroatoms. The molecule has 2 rings (SSSR count). The standard InChI is InChI=1S/C12H21N5O2S2/c1-3-10(12(13)20)16-4-6-17(7-5-16)21(18,19)11-8-15(2)9-14-11/h8-10H,3-7H2,1-2H3,(H2,13,20). The van der Waals surface area contributed by atoms with Gasteiger partial charge in [-0.3, -0.25) is 4.90 Å². The van der Waals surface area contributed by atoms with E-state index in [9.17, 15) is 8.42 Å². The zero-order chi connectivity index (χ0) is 15.6. The second-order valence-corrected chi connectivity index (χ2v) is 7.50. The van der Waals surface area contributed by atoms with Crippen molar-refractivity contribution in [2.24, 2.45) is 12.8 Å². The predicted octanol–water partition coefficient (Wildman–Crippen LogP) is -0.209. The molecule has 1 atom stereocenters. The molecular formula is C12H21N5O2S2. The summed E-state index contributed by atoms with van der Waals surface area (Å²) >= 11 is 5.07. The molecule has 1 unspecified atom stereocenters. The number of aryl methyl sites for hydroxylation is 1. The van der Waals surface area contributed by atoms with E-state index in [4.69, 9.17) is 18.0 Å². The van der Waals surface area contributed by atoms with Crippen molar-refractivity contribution in [2.75, 3.05) is 26.2 Å². The fourth-order valence-corrected chi connectivity index (χ4v) is 4.25. The fraction of sp³-hybridized carbons (Fsp3) is 0.667. The van der Waals surface area contributed by atoms with E-state index in [1.54, 1.807) is 11.6 Å². The van der Waals surface area contributed by atoms with Crippen LogP contribution < -0.4 is 5.73 Å². The van der Waals surface area contributed by atoms with E-state index < -0.39 is 10.0 Å². The topological polar surface area (TPSA) is 84.5 Å². The summed E-state index contributed by atoms with van der Waals surface area (Å²) < 4.78 is 28.0. The SMILES string of the molecule is CCC(C(N)=S)N1CCN(S(=O)(=O)c2cn(C)cn2)CC1. The molecular weight excluding hydrogens is 310 g/mol. The minimum Gasteiger partial charge on any atom is -0.392 e. The first kappa shape index (κ1) is 16.3. The van der Waals surface area contributed by atoms with Crippen molar-refractivity contribution in [3.8, 4) is 0 Å². The number of nitrogens with zero attached hydrogens (tertiary/aromatic N) is 4. The molecule has 1 saturated heterocycles. The molecule has 1 aliphatic heterocycles. The zero-order valence-corrected chi connectivity index (χ0v) is 13.9. The second-order valence-electron chi connectivity index (χ2n) is 5.14. The number of aromatic nitrogens is 2. The number of hydrogen-bond donors (Lipinski definition) is 1. The largest absolute Gasteiger partial charge is 0.392 e. The van der Waals surface area contributed by atoms with Crippen LogP contribution in [0.2, 0.25) is 0 Å². The molecule has 0 radical (unpaired) electrons. The van der Waals surface area contributed by atoms with Gasteiger partial charge in [0.25, 0.3) is 10.0 Å². The van der Waals surface area contributed by atoms with Gasteiger partial charge in [0.05, 0.1) is 17.4 Å². The molecule has 0 spiro atoms.